The molecule has 0 aromatic heterocycles. The Morgan fingerprint density at radius 2 is 1.57 bits per heavy atom. The zero-order valence-electron chi connectivity index (χ0n) is 19.9. The highest BCUT2D eigenvalue weighted by molar-refractivity contribution is 8.18. The molecule has 1 aliphatic rings. The summed E-state index contributed by atoms with van der Waals surface area (Å²) in [6.07, 6.45) is 1.73. The molecular formula is C27H22N2O7S. The first-order valence-electron chi connectivity index (χ1n) is 11.0. The molecule has 10 heteroatoms. The quantitative estimate of drug-likeness (QED) is 0.403. The zero-order valence-corrected chi connectivity index (χ0v) is 20.7. The van der Waals surface area contributed by atoms with Gasteiger partial charge in [-0.25, -0.2) is 14.6 Å². The van der Waals surface area contributed by atoms with Gasteiger partial charge in [0.15, 0.2) is 16.7 Å². The Morgan fingerprint density at radius 3 is 2.16 bits per heavy atom. The van der Waals surface area contributed by atoms with E-state index in [-0.39, 0.29) is 23.6 Å². The molecule has 3 aromatic carbocycles. The van der Waals surface area contributed by atoms with Crippen molar-refractivity contribution in [3.05, 3.63) is 93.9 Å². The third-order valence-electron chi connectivity index (χ3n) is 5.42. The van der Waals surface area contributed by atoms with Crippen LogP contribution in [0.5, 0.6) is 11.5 Å². The standard InChI is InChI=1S/C27H22N2O7S/c1-29-24(30)23(37-27(29)28-20-10-8-19(9-11-20)26(33)34)14-17-5-12-21(22(13-17)35-2)36-15-16-3-6-18(7-4-16)25(31)32/h3-14H,15H2,1-2H3,(H,31,32)(H,33,34). The Balaban J connectivity index is 1.48. The first-order chi connectivity index (χ1) is 17.7. The molecule has 188 valence electrons. The van der Waals surface area contributed by atoms with E-state index in [0.717, 1.165) is 11.1 Å². The van der Waals surface area contributed by atoms with Gasteiger partial charge in [0.1, 0.15) is 6.61 Å². The van der Waals surface area contributed by atoms with E-state index in [4.69, 9.17) is 19.7 Å². The third-order valence-corrected chi connectivity index (χ3v) is 6.48. The summed E-state index contributed by atoms with van der Waals surface area (Å²) in [6, 6.07) is 17.8. The molecule has 1 amide bonds. The number of thioether (sulfide) groups is 1. The average Bonchev–Trinajstić information content (AvgIpc) is 3.15. The van der Waals surface area contributed by atoms with Gasteiger partial charge in [-0.05, 0) is 77.5 Å². The van der Waals surface area contributed by atoms with E-state index < -0.39 is 11.9 Å². The van der Waals surface area contributed by atoms with E-state index >= 15 is 0 Å². The van der Waals surface area contributed by atoms with Crippen LogP contribution in [0.25, 0.3) is 6.08 Å². The summed E-state index contributed by atoms with van der Waals surface area (Å²) in [4.78, 5) is 41.2. The average molecular weight is 519 g/mol. The number of aromatic carboxylic acids is 2. The lowest BCUT2D eigenvalue weighted by atomic mass is 10.1. The van der Waals surface area contributed by atoms with Gasteiger partial charge in [0, 0.05) is 7.05 Å². The van der Waals surface area contributed by atoms with Crippen LogP contribution in [-0.4, -0.2) is 52.3 Å². The first kappa shape index (κ1) is 25.5. The number of hydrogen-bond acceptors (Lipinski definition) is 7. The van der Waals surface area contributed by atoms with Crippen LogP contribution in [0.3, 0.4) is 0 Å². The van der Waals surface area contributed by atoms with E-state index in [1.807, 2.05) is 0 Å². The molecule has 1 aliphatic heterocycles. The number of carbonyl (C=O) groups excluding carboxylic acids is 1. The molecule has 0 unspecified atom stereocenters. The van der Waals surface area contributed by atoms with Crippen LogP contribution in [0.4, 0.5) is 5.69 Å². The van der Waals surface area contributed by atoms with Gasteiger partial charge in [0.2, 0.25) is 0 Å². The van der Waals surface area contributed by atoms with Gasteiger partial charge in [-0.15, -0.1) is 0 Å². The second kappa shape index (κ2) is 11.0. The number of aliphatic imine (C=N–C) groups is 1. The monoisotopic (exact) mass is 518 g/mol. The summed E-state index contributed by atoms with van der Waals surface area (Å²) < 4.78 is 11.3. The van der Waals surface area contributed by atoms with Crippen LogP contribution < -0.4 is 9.47 Å². The van der Waals surface area contributed by atoms with E-state index in [2.05, 4.69) is 4.99 Å². The Morgan fingerprint density at radius 1 is 0.946 bits per heavy atom. The number of carboxylic acids is 2. The van der Waals surface area contributed by atoms with Crippen LogP contribution in [0.15, 0.2) is 76.6 Å². The molecule has 1 saturated heterocycles. The predicted octanol–water partition coefficient (Wildman–Crippen LogP) is 4.90. The van der Waals surface area contributed by atoms with Gasteiger partial charge in [-0.2, -0.15) is 0 Å². The summed E-state index contributed by atoms with van der Waals surface area (Å²) in [5, 5.41) is 18.5. The SMILES string of the molecule is COc1cc(C=C2SC(=Nc3ccc(C(=O)O)cc3)N(C)C2=O)ccc1OCc1ccc(C(=O)O)cc1. The lowest BCUT2D eigenvalue weighted by Crippen LogP contribution is -2.23. The molecule has 3 aromatic rings. The molecule has 4 rings (SSSR count). The van der Waals surface area contributed by atoms with Crippen LogP contribution >= 0.6 is 11.8 Å². The zero-order chi connectivity index (χ0) is 26.5. The molecule has 0 radical (unpaired) electrons. The number of hydrogen-bond donors (Lipinski definition) is 2. The summed E-state index contributed by atoms with van der Waals surface area (Å²) in [6.45, 7) is 0.225. The number of amidine groups is 1. The number of ether oxygens (including phenoxy) is 2. The number of carbonyl (C=O) groups is 3. The van der Waals surface area contributed by atoms with Gasteiger partial charge in [-0.1, -0.05) is 18.2 Å². The van der Waals surface area contributed by atoms with Gasteiger partial charge < -0.3 is 19.7 Å². The number of amides is 1. The molecule has 0 saturated carbocycles. The minimum absolute atomic E-state index is 0.158. The Hall–Kier alpha value is -4.57. The van der Waals surface area contributed by atoms with Crippen LogP contribution in [0, 0.1) is 0 Å². The van der Waals surface area contributed by atoms with E-state index in [1.54, 1.807) is 55.6 Å². The Bertz CT molecular complexity index is 1410. The second-order valence-corrected chi connectivity index (χ2v) is 8.93. The maximum atomic E-state index is 12.8. The van der Waals surface area contributed by atoms with Gasteiger partial charge in [0.05, 0.1) is 28.8 Å². The molecule has 0 bridgehead atoms. The number of nitrogens with zero attached hydrogens (tertiary/aromatic N) is 2. The fourth-order valence-electron chi connectivity index (χ4n) is 3.39. The Labute approximate surface area is 216 Å². The highest BCUT2D eigenvalue weighted by Gasteiger charge is 2.30. The lowest BCUT2D eigenvalue weighted by molar-refractivity contribution is -0.121. The summed E-state index contributed by atoms with van der Waals surface area (Å²) in [5.41, 5.74) is 2.43. The van der Waals surface area contributed by atoms with Crippen molar-refractivity contribution >= 4 is 46.5 Å². The summed E-state index contributed by atoms with van der Waals surface area (Å²) in [5.74, 6) is -1.24. The molecule has 0 aliphatic carbocycles. The molecule has 1 heterocycles. The summed E-state index contributed by atoms with van der Waals surface area (Å²) >= 11 is 1.21. The minimum atomic E-state index is -1.02. The predicted molar refractivity (Wildman–Crippen MR) is 140 cm³/mol. The van der Waals surface area contributed by atoms with Gasteiger partial charge >= 0.3 is 11.9 Å². The van der Waals surface area contributed by atoms with E-state index in [1.165, 1.54) is 48.0 Å². The lowest BCUT2D eigenvalue weighted by Gasteiger charge is -2.12. The maximum Gasteiger partial charge on any atom is 0.335 e. The highest BCUT2D eigenvalue weighted by Crippen LogP contribution is 2.35. The largest absolute Gasteiger partial charge is 0.493 e. The number of methoxy groups -OCH3 is 1. The van der Waals surface area contributed by atoms with Crippen molar-refractivity contribution in [1.29, 1.82) is 0 Å². The van der Waals surface area contributed by atoms with Crippen molar-refractivity contribution in [2.75, 3.05) is 14.2 Å². The molecule has 0 spiro atoms. The number of benzene rings is 3. The van der Waals surface area contributed by atoms with Crippen LogP contribution in [0.2, 0.25) is 0 Å². The molecule has 37 heavy (non-hydrogen) atoms. The first-order valence-corrected chi connectivity index (χ1v) is 11.8. The smallest absolute Gasteiger partial charge is 0.335 e. The minimum Gasteiger partial charge on any atom is -0.493 e. The summed E-state index contributed by atoms with van der Waals surface area (Å²) in [7, 11) is 3.14. The Kier molecular flexibility index (Phi) is 7.59. The van der Waals surface area contributed by atoms with Gasteiger partial charge in [-0.3, -0.25) is 9.69 Å². The fourth-order valence-corrected chi connectivity index (χ4v) is 4.38. The second-order valence-electron chi connectivity index (χ2n) is 7.92. The van der Waals surface area contributed by atoms with Crippen molar-refractivity contribution in [3.63, 3.8) is 0 Å². The van der Waals surface area contributed by atoms with E-state index in [0.29, 0.717) is 27.3 Å². The van der Waals surface area contributed by atoms with Crippen molar-refractivity contribution in [3.8, 4) is 11.5 Å². The molecule has 0 atom stereocenters. The third kappa shape index (κ3) is 5.99. The fraction of sp³-hybridized carbons (Fsp3) is 0.111. The number of likely N-dealkylation sites (N-methyl/N-ethyl adjacent to an activating group) is 1. The van der Waals surface area contributed by atoms with Crippen molar-refractivity contribution in [1.82, 2.24) is 4.90 Å². The maximum absolute atomic E-state index is 12.8. The molecular weight excluding hydrogens is 496 g/mol. The molecule has 9 nitrogen and oxygen atoms in total. The van der Waals surface area contributed by atoms with Crippen molar-refractivity contribution in [2.24, 2.45) is 4.99 Å². The van der Waals surface area contributed by atoms with Crippen LogP contribution in [0.1, 0.15) is 31.8 Å². The van der Waals surface area contributed by atoms with Crippen molar-refractivity contribution in [2.45, 2.75) is 6.61 Å². The normalized spacial score (nSPS) is 15.3. The van der Waals surface area contributed by atoms with Crippen molar-refractivity contribution < 1.29 is 34.1 Å². The van der Waals surface area contributed by atoms with E-state index in [9.17, 15) is 14.4 Å². The molecule has 2 N–H and O–H groups in total. The van der Waals surface area contributed by atoms with Crippen LogP contribution in [-0.2, 0) is 11.4 Å². The number of rotatable bonds is 8. The molecule has 1 fully saturated rings. The number of carboxylic acid groups (broad SMARTS) is 2. The van der Waals surface area contributed by atoms with Gasteiger partial charge in [0.25, 0.3) is 5.91 Å². The highest BCUT2D eigenvalue weighted by atomic mass is 32.2. The topological polar surface area (TPSA) is 126 Å².